The van der Waals surface area contributed by atoms with E-state index in [9.17, 15) is 4.79 Å². The number of carbonyl (C=O) groups is 1. The number of thiazole rings is 1. The smallest absolute Gasteiger partial charge is 0.266 e. The lowest BCUT2D eigenvalue weighted by Gasteiger charge is -2.03. The summed E-state index contributed by atoms with van der Waals surface area (Å²) in [5.41, 5.74) is 3.53. The van der Waals surface area contributed by atoms with E-state index in [4.69, 9.17) is 34.8 Å². The summed E-state index contributed by atoms with van der Waals surface area (Å²) in [6.07, 6.45) is 1.36. The standard InChI is InChI=1S/C13H10Cl3N3OS/c1-6-12(21-7(2)18-6)13(20)19-17-5-8-9(14)3-4-10(15)11(8)16/h3-5H,1-2H3,(H,19,20)/b17-5+. The van der Waals surface area contributed by atoms with Gasteiger partial charge in [-0.3, -0.25) is 4.79 Å². The first-order valence-electron chi connectivity index (χ1n) is 5.81. The predicted octanol–water partition coefficient (Wildman–Crippen LogP) is 4.48. The van der Waals surface area contributed by atoms with Crippen molar-refractivity contribution in [2.75, 3.05) is 0 Å². The van der Waals surface area contributed by atoms with Crippen LogP contribution >= 0.6 is 46.1 Å². The lowest BCUT2D eigenvalue weighted by atomic mass is 10.2. The van der Waals surface area contributed by atoms with E-state index < -0.39 is 0 Å². The van der Waals surface area contributed by atoms with Gasteiger partial charge in [-0.2, -0.15) is 5.10 Å². The van der Waals surface area contributed by atoms with E-state index in [2.05, 4.69) is 15.5 Å². The molecule has 0 aliphatic heterocycles. The minimum atomic E-state index is -0.330. The molecule has 0 radical (unpaired) electrons. The molecule has 8 heteroatoms. The summed E-state index contributed by atoms with van der Waals surface area (Å²) < 4.78 is 0. The maximum atomic E-state index is 12.0. The van der Waals surface area contributed by atoms with Crippen LogP contribution < -0.4 is 5.43 Å². The van der Waals surface area contributed by atoms with Gasteiger partial charge in [-0.15, -0.1) is 11.3 Å². The van der Waals surface area contributed by atoms with Gasteiger partial charge in [0, 0.05) is 5.56 Å². The quantitative estimate of drug-likeness (QED) is 0.497. The Kier molecular flexibility index (Phi) is 5.22. The highest BCUT2D eigenvalue weighted by Gasteiger charge is 2.13. The molecular weight excluding hydrogens is 353 g/mol. The van der Waals surface area contributed by atoms with Crippen molar-refractivity contribution in [1.82, 2.24) is 10.4 Å². The molecule has 2 rings (SSSR count). The Morgan fingerprint density at radius 2 is 1.95 bits per heavy atom. The van der Waals surface area contributed by atoms with Gasteiger partial charge in [-0.1, -0.05) is 34.8 Å². The van der Waals surface area contributed by atoms with Crippen LogP contribution in [0.1, 0.15) is 25.9 Å². The van der Waals surface area contributed by atoms with Gasteiger partial charge >= 0.3 is 0 Å². The van der Waals surface area contributed by atoms with Crippen LogP contribution in [0.5, 0.6) is 0 Å². The molecule has 2 aromatic rings. The van der Waals surface area contributed by atoms with Crippen LogP contribution in [0.2, 0.25) is 15.1 Å². The fourth-order valence-electron chi connectivity index (χ4n) is 1.61. The molecule has 0 unspecified atom stereocenters. The van der Waals surface area contributed by atoms with Crippen molar-refractivity contribution in [2.24, 2.45) is 5.10 Å². The summed E-state index contributed by atoms with van der Waals surface area (Å²) in [5.74, 6) is -0.330. The van der Waals surface area contributed by atoms with Gasteiger partial charge in [-0.05, 0) is 26.0 Å². The first-order valence-corrected chi connectivity index (χ1v) is 7.76. The van der Waals surface area contributed by atoms with Gasteiger partial charge in [-0.25, -0.2) is 10.4 Å². The number of rotatable bonds is 3. The number of nitrogens with one attached hydrogen (secondary N) is 1. The van der Waals surface area contributed by atoms with Gasteiger partial charge in [0.15, 0.2) is 0 Å². The maximum Gasteiger partial charge on any atom is 0.283 e. The summed E-state index contributed by atoms with van der Waals surface area (Å²) in [5, 5.41) is 5.72. The molecule has 4 nitrogen and oxygen atoms in total. The van der Waals surface area contributed by atoms with E-state index >= 15 is 0 Å². The van der Waals surface area contributed by atoms with Crippen LogP contribution in [-0.4, -0.2) is 17.1 Å². The summed E-state index contributed by atoms with van der Waals surface area (Å²) in [7, 11) is 0. The van der Waals surface area contributed by atoms with E-state index in [1.165, 1.54) is 17.6 Å². The number of benzene rings is 1. The van der Waals surface area contributed by atoms with Crippen LogP contribution in [0.4, 0.5) is 0 Å². The molecule has 1 aromatic carbocycles. The number of aromatic nitrogens is 1. The SMILES string of the molecule is Cc1nc(C)c(C(=O)N/N=C/c2c(Cl)ccc(Cl)c2Cl)s1. The first-order chi connectivity index (χ1) is 9.90. The van der Waals surface area contributed by atoms with Crippen LogP contribution in [0.15, 0.2) is 17.2 Å². The zero-order valence-electron chi connectivity index (χ0n) is 11.1. The second-order valence-electron chi connectivity index (χ2n) is 4.10. The molecule has 1 N–H and O–H groups in total. The van der Waals surface area contributed by atoms with E-state index in [1.807, 2.05) is 6.92 Å². The number of hydrogen-bond acceptors (Lipinski definition) is 4. The molecular formula is C13H10Cl3N3OS. The van der Waals surface area contributed by atoms with Crippen molar-refractivity contribution >= 4 is 58.3 Å². The molecule has 110 valence electrons. The zero-order chi connectivity index (χ0) is 15.6. The first kappa shape index (κ1) is 16.2. The molecule has 0 aliphatic carbocycles. The number of carbonyl (C=O) groups excluding carboxylic acids is 1. The molecule has 0 fully saturated rings. The molecule has 0 aliphatic rings. The molecule has 0 bridgehead atoms. The Hall–Kier alpha value is -1.14. The third-order valence-electron chi connectivity index (χ3n) is 2.55. The number of aryl methyl sites for hydroxylation is 2. The second kappa shape index (κ2) is 6.75. The monoisotopic (exact) mass is 361 g/mol. The summed E-state index contributed by atoms with van der Waals surface area (Å²) in [6, 6.07) is 3.20. The summed E-state index contributed by atoms with van der Waals surface area (Å²) in [6.45, 7) is 3.61. The number of hydrazone groups is 1. The lowest BCUT2D eigenvalue weighted by molar-refractivity contribution is 0.0958. The fourth-order valence-corrected chi connectivity index (χ4v) is 3.05. The van der Waals surface area contributed by atoms with E-state index in [0.29, 0.717) is 26.2 Å². The average molecular weight is 363 g/mol. The number of nitrogens with zero attached hydrogens (tertiary/aromatic N) is 2. The van der Waals surface area contributed by atoms with Crippen LogP contribution in [0, 0.1) is 13.8 Å². The number of amides is 1. The van der Waals surface area contributed by atoms with Crippen LogP contribution in [-0.2, 0) is 0 Å². The van der Waals surface area contributed by atoms with Crippen molar-refractivity contribution in [3.8, 4) is 0 Å². The third kappa shape index (κ3) is 3.74. The molecule has 0 atom stereocenters. The highest BCUT2D eigenvalue weighted by molar-refractivity contribution is 7.13. The largest absolute Gasteiger partial charge is 0.283 e. The highest BCUT2D eigenvalue weighted by atomic mass is 35.5. The molecule has 1 aromatic heterocycles. The minimum absolute atomic E-state index is 0.284. The molecule has 0 saturated carbocycles. The Balaban J connectivity index is 2.15. The molecule has 1 amide bonds. The van der Waals surface area contributed by atoms with E-state index in [0.717, 1.165) is 5.01 Å². The maximum absolute atomic E-state index is 12.0. The van der Waals surface area contributed by atoms with Crippen molar-refractivity contribution in [3.63, 3.8) is 0 Å². The minimum Gasteiger partial charge on any atom is -0.266 e. The topological polar surface area (TPSA) is 54.4 Å². The van der Waals surface area contributed by atoms with Crippen molar-refractivity contribution in [2.45, 2.75) is 13.8 Å². The number of hydrogen-bond donors (Lipinski definition) is 1. The van der Waals surface area contributed by atoms with E-state index in [-0.39, 0.29) is 10.9 Å². The van der Waals surface area contributed by atoms with Crippen molar-refractivity contribution in [3.05, 3.63) is 48.3 Å². The Morgan fingerprint density at radius 1 is 1.29 bits per heavy atom. The fraction of sp³-hybridized carbons (Fsp3) is 0.154. The second-order valence-corrected chi connectivity index (χ2v) is 6.50. The lowest BCUT2D eigenvalue weighted by Crippen LogP contribution is -2.17. The summed E-state index contributed by atoms with van der Waals surface area (Å²) in [4.78, 5) is 16.7. The van der Waals surface area contributed by atoms with Gasteiger partial charge in [0.25, 0.3) is 5.91 Å². The van der Waals surface area contributed by atoms with Gasteiger partial charge < -0.3 is 0 Å². The number of halogens is 3. The molecule has 21 heavy (non-hydrogen) atoms. The zero-order valence-corrected chi connectivity index (χ0v) is 14.2. The van der Waals surface area contributed by atoms with E-state index in [1.54, 1.807) is 19.1 Å². The Labute approximate surface area is 140 Å². The Morgan fingerprint density at radius 3 is 2.57 bits per heavy atom. The third-order valence-corrected chi connectivity index (χ3v) is 4.77. The highest BCUT2D eigenvalue weighted by Crippen LogP contribution is 2.29. The van der Waals surface area contributed by atoms with Crippen LogP contribution in [0.25, 0.3) is 0 Å². The van der Waals surface area contributed by atoms with Crippen LogP contribution in [0.3, 0.4) is 0 Å². The molecule has 0 spiro atoms. The van der Waals surface area contributed by atoms with Gasteiger partial charge in [0.05, 0.1) is 32.0 Å². The summed E-state index contributed by atoms with van der Waals surface area (Å²) >= 11 is 19.2. The molecule has 0 saturated heterocycles. The predicted molar refractivity (Wildman–Crippen MR) is 88.1 cm³/mol. The Bertz CT molecular complexity index is 728. The van der Waals surface area contributed by atoms with Gasteiger partial charge in [0.1, 0.15) is 4.88 Å². The average Bonchev–Trinajstić information content (AvgIpc) is 2.77. The molecule has 1 heterocycles. The van der Waals surface area contributed by atoms with Crippen molar-refractivity contribution in [1.29, 1.82) is 0 Å². The normalized spacial score (nSPS) is 11.1. The van der Waals surface area contributed by atoms with Gasteiger partial charge in [0.2, 0.25) is 0 Å². The van der Waals surface area contributed by atoms with Crippen molar-refractivity contribution < 1.29 is 4.79 Å².